The number of carbonyl (C=O) groups is 1. The summed E-state index contributed by atoms with van der Waals surface area (Å²) in [5, 5.41) is 20.1. The maximum absolute atomic E-state index is 10.6. The quantitative estimate of drug-likeness (QED) is 0.684. The minimum absolute atomic E-state index is 0.278. The third-order valence-electron chi connectivity index (χ3n) is 3.08. The molecule has 112 valence electrons. The van der Waals surface area contributed by atoms with Gasteiger partial charge >= 0.3 is 6.09 Å². The zero-order valence-electron chi connectivity index (χ0n) is 12.0. The normalized spacial score (nSPS) is 13.6. The Morgan fingerprint density at radius 3 is 2.50 bits per heavy atom. The average molecular weight is 281 g/mol. The number of aliphatic hydroxyl groups excluding tert-OH is 1. The van der Waals surface area contributed by atoms with E-state index in [1.807, 2.05) is 0 Å². The molecule has 1 rings (SSSR count). The SMILES string of the molecule is CCC[C@@H](C)COc1ccc(C(CO)NC(=O)O)cc1. The molecule has 0 saturated carbocycles. The summed E-state index contributed by atoms with van der Waals surface area (Å²) in [5.41, 5.74) is 0.712. The molecule has 1 unspecified atom stereocenters. The van der Waals surface area contributed by atoms with E-state index in [0.29, 0.717) is 18.1 Å². The van der Waals surface area contributed by atoms with Crippen LogP contribution in [-0.2, 0) is 0 Å². The van der Waals surface area contributed by atoms with E-state index >= 15 is 0 Å². The predicted molar refractivity (Wildman–Crippen MR) is 77.0 cm³/mol. The first kappa shape index (κ1) is 16.3. The highest BCUT2D eigenvalue weighted by molar-refractivity contribution is 5.65. The lowest BCUT2D eigenvalue weighted by Gasteiger charge is -2.16. The van der Waals surface area contributed by atoms with E-state index in [1.165, 1.54) is 0 Å². The largest absolute Gasteiger partial charge is 0.493 e. The Kier molecular flexibility index (Phi) is 6.87. The Balaban J connectivity index is 2.56. The summed E-state index contributed by atoms with van der Waals surface area (Å²) in [4.78, 5) is 10.6. The van der Waals surface area contributed by atoms with Crippen molar-refractivity contribution in [2.45, 2.75) is 32.7 Å². The van der Waals surface area contributed by atoms with Crippen molar-refractivity contribution in [3.63, 3.8) is 0 Å². The van der Waals surface area contributed by atoms with E-state index in [0.717, 1.165) is 18.6 Å². The molecule has 5 heteroatoms. The summed E-state index contributed by atoms with van der Waals surface area (Å²) in [5.74, 6) is 1.27. The standard InChI is InChI=1S/C15H23NO4/c1-3-4-11(2)10-20-13-7-5-12(6-8-13)14(9-17)16-15(18)19/h5-8,11,14,16-17H,3-4,9-10H2,1-2H3,(H,18,19)/t11-,14?/m1/s1. The zero-order chi connectivity index (χ0) is 15.0. The van der Waals surface area contributed by atoms with E-state index in [2.05, 4.69) is 19.2 Å². The highest BCUT2D eigenvalue weighted by Gasteiger charge is 2.12. The molecule has 0 aliphatic carbocycles. The lowest BCUT2D eigenvalue weighted by molar-refractivity contribution is 0.177. The summed E-state index contributed by atoms with van der Waals surface area (Å²) >= 11 is 0. The summed E-state index contributed by atoms with van der Waals surface area (Å²) in [6, 6.07) is 6.49. The number of ether oxygens (including phenoxy) is 1. The zero-order valence-corrected chi connectivity index (χ0v) is 12.0. The van der Waals surface area contributed by atoms with Gasteiger partial charge in [-0.25, -0.2) is 4.79 Å². The number of benzene rings is 1. The Morgan fingerprint density at radius 1 is 1.35 bits per heavy atom. The minimum atomic E-state index is -1.15. The van der Waals surface area contributed by atoms with Crippen LogP contribution >= 0.6 is 0 Å². The number of nitrogens with one attached hydrogen (secondary N) is 1. The van der Waals surface area contributed by atoms with Gasteiger partial charge in [-0.3, -0.25) is 0 Å². The number of rotatable bonds is 8. The molecule has 0 radical (unpaired) electrons. The van der Waals surface area contributed by atoms with E-state index in [4.69, 9.17) is 9.84 Å². The van der Waals surface area contributed by atoms with Crippen LogP contribution in [0.25, 0.3) is 0 Å². The van der Waals surface area contributed by atoms with Gasteiger partial charge in [0, 0.05) is 0 Å². The minimum Gasteiger partial charge on any atom is -0.493 e. The van der Waals surface area contributed by atoms with Gasteiger partial charge in [-0.15, -0.1) is 0 Å². The van der Waals surface area contributed by atoms with Gasteiger partial charge in [0.1, 0.15) is 5.75 Å². The van der Waals surface area contributed by atoms with Gasteiger partial charge in [0.2, 0.25) is 0 Å². The number of hydrogen-bond donors (Lipinski definition) is 3. The molecular weight excluding hydrogens is 258 g/mol. The molecule has 1 amide bonds. The van der Waals surface area contributed by atoms with Crippen molar-refractivity contribution in [1.29, 1.82) is 0 Å². The fraction of sp³-hybridized carbons (Fsp3) is 0.533. The fourth-order valence-electron chi connectivity index (χ4n) is 1.99. The monoisotopic (exact) mass is 281 g/mol. The summed E-state index contributed by atoms with van der Waals surface area (Å²) in [7, 11) is 0. The fourth-order valence-corrected chi connectivity index (χ4v) is 1.99. The van der Waals surface area contributed by atoms with Crippen molar-refractivity contribution >= 4 is 6.09 Å². The van der Waals surface area contributed by atoms with E-state index < -0.39 is 12.1 Å². The van der Waals surface area contributed by atoms with Gasteiger partial charge < -0.3 is 20.3 Å². The van der Waals surface area contributed by atoms with Crippen molar-refractivity contribution in [3.8, 4) is 5.75 Å². The lowest BCUT2D eigenvalue weighted by atomic mass is 10.1. The first-order chi connectivity index (χ1) is 9.56. The highest BCUT2D eigenvalue weighted by Crippen LogP contribution is 2.18. The molecule has 0 saturated heterocycles. The molecular formula is C15H23NO4. The van der Waals surface area contributed by atoms with Crippen molar-refractivity contribution in [2.75, 3.05) is 13.2 Å². The van der Waals surface area contributed by atoms with E-state index in [9.17, 15) is 9.90 Å². The summed E-state index contributed by atoms with van der Waals surface area (Å²) in [6.45, 7) is 4.69. The third-order valence-corrected chi connectivity index (χ3v) is 3.08. The molecule has 5 nitrogen and oxygen atoms in total. The maximum atomic E-state index is 10.6. The van der Waals surface area contributed by atoms with Crippen LogP contribution in [0.4, 0.5) is 4.79 Å². The molecule has 20 heavy (non-hydrogen) atoms. The number of carboxylic acid groups (broad SMARTS) is 1. The second-order valence-electron chi connectivity index (χ2n) is 4.96. The molecule has 1 aromatic rings. The molecule has 0 bridgehead atoms. The van der Waals surface area contributed by atoms with Gasteiger partial charge in [0.05, 0.1) is 19.3 Å². The third kappa shape index (κ3) is 5.48. The van der Waals surface area contributed by atoms with Crippen molar-refractivity contribution in [3.05, 3.63) is 29.8 Å². The second-order valence-corrected chi connectivity index (χ2v) is 4.96. The maximum Gasteiger partial charge on any atom is 0.405 e. The van der Waals surface area contributed by atoms with Crippen molar-refractivity contribution in [2.24, 2.45) is 5.92 Å². The molecule has 0 heterocycles. The average Bonchev–Trinajstić information content (AvgIpc) is 2.43. The first-order valence-corrected chi connectivity index (χ1v) is 6.89. The van der Waals surface area contributed by atoms with Crippen LogP contribution in [0.2, 0.25) is 0 Å². The molecule has 1 aromatic carbocycles. The Labute approximate surface area is 119 Å². The van der Waals surface area contributed by atoms with Gasteiger partial charge in [-0.1, -0.05) is 32.4 Å². The Bertz CT molecular complexity index is 405. The second kappa shape index (κ2) is 8.43. The topological polar surface area (TPSA) is 78.8 Å². The van der Waals surface area contributed by atoms with Crippen LogP contribution in [0, 0.1) is 5.92 Å². The van der Waals surface area contributed by atoms with Crippen LogP contribution in [0.3, 0.4) is 0 Å². The number of hydrogen-bond acceptors (Lipinski definition) is 3. The molecule has 0 aliphatic heterocycles. The molecule has 0 aliphatic rings. The molecule has 0 aromatic heterocycles. The smallest absolute Gasteiger partial charge is 0.405 e. The van der Waals surface area contributed by atoms with E-state index in [-0.39, 0.29) is 6.61 Å². The van der Waals surface area contributed by atoms with Crippen LogP contribution < -0.4 is 10.1 Å². The lowest BCUT2D eigenvalue weighted by Crippen LogP contribution is -2.29. The highest BCUT2D eigenvalue weighted by atomic mass is 16.5. The van der Waals surface area contributed by atoms with Crippen molar-refractivity contribution < 1.29 is 19.7 Å². The van der Waals surface area contributed by atoms with Crippen LogP contribution in [0.5, 0.6) is 5.75 Å². The predicted octanol–water partition coefficient (Wildman–Crippen LogP) is 2.80. The van der Waals surface area contributed by atoms with Crippen LogP contribution in [0.1, 0.15) is 38.3 Å². The van der Waals surface area contributed by atoms with Crippen LogP contribution in [0.15, 0.2) is 24.3 Å². The first-order valence-electron chi connectivity index (χ1n) is 6.89. The van der Waals surface area contributed by atoms with Gasteiger partial charge in [-0.05, 0) is 30.0 Å². The number of amides is 1. The Hall–Kier alpha value is -1.75. The Morgan fingerprint density at radius 2 is 2.00 bits per heavy atom. The van der Waals surface area contributed by atoms with Crippen LogP contribution in [-0.4, -0.2) is 29.5 Å². The molecule has 2 atom stereocenters. The van der Waals surface area contributed by atoms with Crippen molar-refractivity contribution in [1.82, 2.24) is 5.32 Å². The molecule has 3 N–H and O–H groups in total. The van der Waals surface area contributed by atoms with Gasteiger partial charge in [0.25, 0.3) is 0 Å². The number of aliphatic hydroxyl groups is 1. The molecule has 0 fully saturated rings. The van der Waals surface area contributed by atoms with Gasteiger partial charge in [-0.2, -0.15) is 0 Å². The summed E-state index contributed by atoms with van der Waals surface area (Å²) < 4.78 is 5.67. The van der Waals surface area contributed by atoms with E-state index in [1.54, 1.807) is 24.3 Å². The molecule has 0 spiro atoms. The van der Waals surface area contributed by atoms with Gasteiger partial charge in [0.15, 0.2) is 0 Å². The summed E-state index contributed by atoms with van der Waals surface area (Å²) in [6.07, 6.45) is 1.12.